The first-order valence-electron chi connectivity index (χ1n) is 14.2. The van der Waals surface area contributed by atoms with Crippen LogP contribution in [0.15, 0.2) is 77.6 Å². The van der Waals surface area contributed by atoms with Gasteiger partial charge in [-0.2, -0.15) is 0 Å². The van der Waals surface area contributed by atoms with Crippen LogP contribution in [0.3, 0.4) is 0 Å². The van der Waals surface area contributed by atoms with Crippen molar-refractivity contribution in [1.29, 1.82) is 0 Å². The highest BCUT2D eigenvalue weighted by Crippen LogP contribution is 2.41. The van der Waals surface area contributed by atoms with Crippen LogP contribution >= 0.6 is 12.2 Å². The summed E-state index contributed by atoms with van der Waals surface area (Å²) in [7, 11) is 3.36. The van der Waals surface area contributed by atoms with Gasteiger partial charge in [-0.05, 0) is 70.2 Å². The van der Waals surface area contributed by atoms with Crippen LogP contribution < -0.4 is 5.56 Å². The number of fused-ring (bicyclic) bond motifs is 6. The van der Waals surface area contributed by atoms with E-state index in [2.05, 4.69) is 35.2 Å². The van der Waals surface area contributed by atoms with Gasteiger partial charge in [-0.1, -0.05) is 54.6 Å². The van der Waals surface area contributed by atoms with E-state index in [1.165, 1.54) is 9.80 Å². The van der Waals surface area contributed by atoms with Crippen molar-refractivity contribution in [3.05, 3.63) is 94.4 Å². The molecule has 7 rings (SSSR count). The molecule has 4 heterocycles. The minimum absolute atomic E-state index is 0.0411. The number of hydrogen-bond donors (Lipinski definition) is 0. The number of hydrogen-bond acceptors (Lipinski definition) is 5. The van der Waals surface area contributed by atoms with Gasteiger partial charge in [0.05, 0.1) is 0 Å². The number of benzene rings is 3. The standard InChI is InChI=1S/C33H32N4O3S/c1-34-30(39)33(31(40)35(2)32(34)41,16-27-25-10-5-3-8-22(25)15-23-9-4-6-11-26(23)27)20-36-17-21-14-24(19-36)28-12-7-13-29(38)37(28)18-21/h3-13,15,21,24H,14,16-20H2,1-2H3/t21-,24-/m1/s1. The fourth-order valence-corrected chi connectivity index (χ4v) is 7.75. The van der Waals surface area contributed by atoms with Crippen LogP contribution in [0.25, 0.3) is 21.5 Å². The number of rotatable bonds is 4. The number of carbonyl (C=O) groups is 2. The molecule has 2 saturated heterocycles. The summed E-state index contributed by atoms with van der Waals surface area (Å²) in [5, 5.41) is 4.49. The van der Waals surface area contributed by atoms with Crippen molar-refractivity contribution in [2.75, 3.05) is 33.7 Å². The summed E-state index contributed by atoms with van der Waals surface area (Å²) >= 11 is 5.52. The highest BCUT2D eigenvalue weighted by Gasteiger charge is 2.56. The smallest absolute Gasteiger partial charge is 0.250 e. The Balaban J connectivity index is 1.35. The number of aromatic nitrogens is 1. The van der Waals surface area contributed by atoms with E-state index in [0.29, 0.717) is 19.6 Å². The van der Waals surface area contributed by atoms with Crippen molar-refractivity contribution in [2.24, 2.45) is 11.3 Å². The maximum atomic E-state index is 14.4. The second-order valence-electron chi connectivity index (χ2n) is 12.0. The van der Waals surface area contributed by atoms with Crippen molar-refractivity contribution in [3.8, 4) is 0 Å². The van der Waals surface area contributed by atoms with E-state index in [-0.39, 0.29) is 40.7 Å². The second-order valence-corrected chi connectivity index (χ2v) is 12.3. The minimum Gasteiger partial charge on any atom is -0.312 e. The second kappa shape index (κ2) is 9.60. The largest absolute Gasteiger partial charge is 0.312 e. The lowest BCUT2D eigenvalue weighted by Crippen LogP contribution is -2.67. The molecule has 2 amide bonds. The maximum absolute atomic E-state index is 14.4. The first-order valence-corrected chi connectivity index (χ1v) is 14.6. The molecule has 0 spiro atoms. The molecule has 0 aliphatic carbocycles. The van der Waals surface area contributed by atoms with Crippen molar-refractivity contribution in [3.63, 3.8) is 0 Å². The zero-order valence-electron chi connectivity index (χ0n) is 23.2. The minimum atomic E-state index is -1.35. The number of pyridine rings is 1. The van der Waals surface area contributed by atoms with Crippen LogP contribution in [0.5, 0.6) is 0 Å². The fraction of sp³-hybridized carbons (Fsp3) is 0.333. The summed E-state index contributed by atoms with van der Waals surface area (Å²) in [6, 6.07) is 24.1. The zero-order chi connectivity index (χ0) is 28.5. The van der Waals surface area contributed by atoms with Crippen molar-refractivity contribution >= 4 is 50.7 Å². The number of piperidine rings is 1. The molecule has 2 bridgehead atoms. The first-order chi connectivity index (χ1) is 19.8. The molecule has 0 radical (unpaired) electrons. The summed E-state index contributed by atoms with van der Waals surface area (Å²) < 4.78 is 1.91. The first kappa shape index (κ1) is 26.0. The lowest BCUT2D eigenvalue weighted by molar-refractivity contribution is -0.157. The highest BCUT2D eigenvalue weighted by molar-refractivity contribution is 7.80. The SMILES string of the molecule is CN1C(=O)C(Cc2c3ccccc3cc3ccccc23)(CN2C[C@H]3C[C@H](C2)c2cccc(=O)n2C3)C(=O)N(C)C1=S. The third-order valence-corrected chi connectivity index (χ3v) is 9.96. The number of nitrogens with zero attached hydrogens (tertiary/aromatic N) is 4. The molecule has 2 fully saturated rings. The summed E-state index contributed by atoms with van der Waals surface area (Å²) in [5.74, 6) is -0.0517. The molecule has 1 aromatic heterocycles. The Labute approximate surface area is 243 Å². The third kappa shape index (κ3) is 4.03. The van der Waals surface area contributed by atoms with Crippen molar-refractivity contribution in [1.82, 2.24) is 19.3 Å². The van der Waals surface area contributed by atoms with Gasteiger partial charge in [0.1, 0.15) is 5.41 Å². The maximum Gasteiger partial charge on any atom is 0.250 e. The van der Waals surface area contributed by atoms with E-state index in [1.54, 1.807) is 20.2 Å². The van der Waals surface area contributed by atoms with Crippen LogP contribution in [0.4, 0.5) is 0 Å². The van der Waals surface area contributed by atoms with Crippen LogP contribution in [-0.4, -0.2) is 69.9 Å². The highest BCUT2D eigenvalue weighted by atomic mass is 32.1. The van der Waals surface area contributed by atoms with E-state index in [1.807, 2.05) is 41.0 Å². The van der Waals surface area contributed by atoms with Gasteiger partial charge in [0.2, 0.25) is 11.8 Å². The van der Waals surface area contributed by atoms with Crippen LogP contribution in [0.1, 0.15) is 23.6 Å². The Hall–Kier alpha value is -3.88. The molecule has 2 atom stereocenters. The van der Waals surface area contributed by atoms with Crippen LogP contribution in [0, 0.1) is 11.3 Å². The van der Waals surface area contributed by atoms with Crippen LogP contribution in [0.2, 0.25) is 0 Å². The lowest BCUT2D eigenvalue weighted by atomic mass is 9.74. The molecule has 41 heavy (non-hydrogen) atoms. The molecule has 0 N–H and O–H groups in total. The number of amides is 2. The van der Waals surface area contributed by atoms with E-state index in [4.69, 9.17) is 12.2 Å². The predicted molar refractivity (Wildman–Crippen MR) is 164 cm³/mol. The quantitative estimate of drug-likeness (QED) is 0.213. The Bertz CT molecular complexity index is 1740. The average Bonchev–Trinajstić information content (AvgIpc) is 2.98. The van der Waals surface area contributed by atoms with Crippen molar-refractivity contribution < 1.29 is 9.59 Å². The van der Waals surface area contributed by atoms with Gasteiger partial charge in [0.25, 0.3) is 5.56 Å². The average molecular weight is 565 g/mol. The number of likely N-dealkylation sites (tertiary alicyclic amines) is 1. The fourth-order valence-electron chi connectivity index (χ4n) is 7.58. The number of thiocarbonyl (C=S) groups is 1. The third-order valence-electron chi connectivity index (χ3n) is 9.41. The van der Waals surface area contributed by atoms with E-state index < -0.39 is 5.41 Å². The van der Waals surface area contributed by atoms with Gasteiger partial charge < -0.3 is 9.47 Å². The van der Waals surface area contributed by atoms with E-state index in [9.17, 15) is 14.4 Å². The van der Waals surface area contributed by atoms with Gasteiger partial charge in [-0.3, -0.25) is 24.2 Å². The Kier molecular flexibility index (Phi) is 6.10. The molecule has 4 aromatic rings. The molecule has 8 heteroatoms. The van der Waals surface area contributed by atoms with Gasteiger partial charge in [-0.15, -0.1) is 0 Å². The summed E-state index contributed by atoms with van der Waals surface area (Å²) in [4.78, 5) is 46.6. The summed E-state index contributed by atoms with van der Waals surface area (Å²) in [6.07, 6.45) is 1.28. The number of carbonyl (C=O) groups excluding carboxylic acids is 2. The van der Waals surface area contributed by atoms with Crippen molar-refractivity contribution in [2.45, 2.75) is 25.3 Å². The monoisotopic (exact) mass is 564 g/mol. The van der Waals surface area contributed by atoms with Gasteiger partial charge in [0, 0.05) is 58.0 Å². The summed E-state index contributed by atoms with van der Waals surface area (Å²) in [6.45, 7) is 2.38. The molecule has 0 saturated carbocycles. The lowest BCUT2D eigenvalue weighted by Gasteiger charge is -2.49. The topological polar surface area (TPSA) is 65.9 Å². The van der Waals surface area contributed by atoms with Gasteiger partial charge in [-0.25, -0.2) is 0 Å². The molecule has 208 valence electrons. The Morgan fingerprint density at radius 1 is 0.805 bits per heavy atom. The Morgan fingerprint density at radius 2 is 1.44 bits per heavy atom. The van der Waals surface area contributed by atoms with Gasteiger partial charge >= 0.3 is 0 Å². The van der Waals surface area contributed by atoms with Crippen LogP contribution in [-0.2, 0) is 22.6 Å². The van der Waals surface area contributed by atoms with E-state index >= 15 is 0 Å². The predicted octanol–water partition coefficient (Wildman–Crippen LogP) is 4.02. The van der Waals surface area contributed by atoms with E-state index in [0.717, 1.165) is 45.8 Å². The molecule has 7 nitrogen and oxygen atoms in total. The zero-order valence-corrected chi connectivity index (χ0v) is 24.1. The molecule has 3 aliphatic heterocycles. The summed E-state index contributed by atoms with van der Waals surface area (Å²) in [5.41, 5.74) is 0.744. The molecule has 0 unspecified atom stereocenters. The molecule has 3 aliphatic rings. The molecule has 3 aromatic carbocycles. The molecular formula is C33H32N4O3S. The Morgan fingerprint density at radius 3 is 2.10 bits per heavy atom. The molecular weight excluding hydrogens is 532 g/mol. The normalized spacial score (nSPS) is 22.4. The van der Waals surface area contributed by atoms with Gasteiger partial charge in [0.15, 0.2) is 5.11 Å².